The van der Waals surface area contributed by atoms with Crippen molar-refractivity contribution in [3.05, 3.63) is 42.1 Å². The summed E-state index contributed by atoms with van der Waals surface area (Å²) in [6.45, 7) is 1.86. The molecule has 0 bridgehead atoms. The average molecular weight is 228 g/mol. The van der Waals surface area contributed by atoms with Crippen molar-refractivity contribution in [1.82, 2.24) is 10.3 Å². The first-order valence-corrected chi connectivity index (χ1v) is 5.75. The number of likely N-dealkylation sites (N-methyl/N-ethyl adjacent to an activating group) is 1. The van der Waals surface area contributed by atoms with Gasteiger partial charge in [0.1, 0.15) is 0 Å². The predicted molar refractivity (Wildman–Crippen MR) is 69.0 cm³/mol. The zero-order chi connectivity index (χ0) is 12.3. The first-order chi connectivity index (χ1) is 8.20. The van der Waals surface area contributed by atoms with Gasteiger partial charge in [-0.25, -0.2) is 0 Å². The summed E-state index contributed by atoms with van der Waals surface area (Å²) in [4.78, 5) is 16.3. The molecule has 1 heterocycles. The highest BCUT2D eigenvalue weighted by Gasteiger charge is 2.11. The molecule has 0 spiro atoms. The molecule has 0 radical (unpaired) electrons. The number of rotatable bonds is 4. The van der Waals surface area contributed by atoms with E-state index in [9.17, 15) is 4.79 Å². The molecular weight excluding hydrogens is 212 g/mol. The molecule has 2 aromatic rings. The molecule has 2 rings (SSSR count). The minimum absolute atomic E-state index is 0.122. The number of Topliss-reactive ketones (excluding diaryl/α,β-unsaturated/α-hetero) is 1. The molecule has 0 fully saturated rings. The lowest BCUT2D eigenvalue weighted by molar-refractivity contribution is -0.119. The number of hydrogen-bond donors (Lipinski definition) is 1. The van der Waals surface area contributed by atoms with Crippen molar-refractivity contribution in [2.75, 3.05) is 7.05 Å². The van der Waals surface area contributed by atoms with Crippen LogP contribution in [0.4, 0.5) is 0 Å². The van der Waals surface area contributed by atoms with Gasteiger partial charge in [-0.05, 0) is 26.1 Å². The van der Waals surface area contributed by atoms with Crippen LogP contribution in [0.25, 0.3) is 10.9 Å². The number of benzene rings is 1. The van der Waals surface area contributed by atoms with E-state index in [1.807, 2.05) is 43.3 Å². The number of fused-ring (bicyclic) bond motifs is 1. The molecule has 0 saturated carbocycles. The van der Waals surface area contributed by atoms with Crippen LogP contribution in [0.3, 0.4) is 0 Å². The second kappa shape index (κ2) is 5.06. The fourth-order valence-electron chi connectivity index (χ4n) is 1.70. The molecule has 0 amide bonds. The fraction of sp³-hybridized carbons (Fsp3) is 0.286. The van der Waals surface area contributed by atoms with Gasteiger partial charge in [0.2, 0.25) is 0 Å². The van der Waals surface area contributed by atoms with Gasteiger partial charge in [0.25, 0.3) is 0 Å². The minimum atomic E-state index is -0.122. The Bertz CT molecular complexity index is 536. The lowest BCUT2D eigenvalue weighted by atomic mass is 10.1. The highest BCUT2D eigenvalue weighted by Crippen LogP contribution is 2.12. The summed E-state index contributed by atoms with van der Waals surface area (Å²) >= 11 is 0. The second-order valence-corrected chi connectivity index (χ2v) is 4.15. The highest BCUT2D eigenvalue weighted by molar-refractivity contribution is 5.86. The van der Waals surface area contributed by atoms with Crippen molar-refractivity contribution in [3.8, 4) is 0 Å². The Kier molecular flexibility index (Phi) is 3.49. The van der Waals surface area contributed by atoms with Gasteiger partial charge < -0.3 is 5.32 Å². The van der Waals surface area contributed by atoms with Gasteiger partial charge >= 0.3 is 0 Å². The number of pyridine rings is 1. The number of carbonyl (C=O) groups excluding carboxylic acids is 1. The standard InChI is InChI=1S/C14H16N2O/c1-10(15-2)14(17)9-12-8-7-11-5-3-4-6-13(11)16-12/h3-8,10,15H,9H2,1-2H3. The fourth-order valence-corrected chi connectivity index (χ4v) is 1.70. The molecular formula is C14H16N2O. The number of aromatic nitrogens is 1. The van der Waals surface area contributed by atoms with Gasteiger partial charge in [-0.3, -0.25) is 9.78 Å². The Morgan fingerprint density at radius 2 is 2.06 bits per heavy atom. The largest absolute Gasteiger partial charge is 0.311 e. The Morgan fingerprint density at radius 1 is 1.29 bits per heavy atom. The van der Waals surface area contributed by atoms with Crippen LogP contribution in [0.2, 0.25) is 0 Å². The van der Waals surface area contributed by atoms with E-state index < -0.39 is 0 Å². The van der Waals surface area contributed by atoms with E-state index in [-0.39, 0.29) is 11.8 Å². The zero-order valence-electron chi connectivity index (χ0n) is 10.1. The summed E-state index contributed by atoms with van der Waals surface area (Å²) in [5, 5.41) is 4.05. The van der Waals surface area contributed by atoms with Crippen molar-refractivity contribution in [2.45, 2.75) is 19.4 Å². The quantitative estimate of drug-likeness (QED) is 0.869. The van der Waals surface area contributed by atoms with Crippen LogP contribution >= 0.6 is 0 Å². The molecule has 3 heteroatoms. The summed E-state index contributed by atoms with van der Waals surface area (Å²) in [6, 6.07) is 11.7. The average Bonchev–Trinajstić information content (AvgIpc) is 2.37. The summed E-state index contributed by atoms with van der Waals surface area (Å²) in [5.74, 6) is 0.162. The van der Waals surface area contributed by atoms with Gasteiger partial charge in [-0.2, -0.15) is 0 Å². The molecule has 1 atom stereocenters. The van der Waals surface area contributed by atoms with E-state index in [1.54, 1.807) is 7.05 Å². The molecule has 0 aliphatic rings. The van der Waals surface area contributed by atoms with Gasteiger partial charge in [-0.1, -0.05) is 24.3 Å². The van der Waals surface area contributed by atoms with Gasteiger partial charge in [0.05, 0.1) is 18.0 Å². The number of hydrogen-bond acceptors (Lipinski definition) is 3. The van der Waals surface area contributed by atoms with E-state index in [4.69, 9.17) is 0 Å². The van der Waals surface area contributed by atoms with Crippen LogP contribution in [0.1, 0.15) is 12.6 Å². The van der Waals surface area contributed by atoms with Crippen LogP contribution in [-0.4, -0.2) is 23.9 Å². The molecule has 0 saturated heterocycles. The molecule has 1 N–H and O–H groups in total. The maximum absolute atomic E-state index is 11.8. The van der Waals surface area contributed by atoms with E-state index in [0.29, 0.717) is 6.42 Å². The number of para-hydroxylation sites is 1. The molecule has 0 aliphatic carbocycles. The number of nitrogens with one attached hydrogen (secondary N) is 1. The summed E-state index contributed by atoms with van der Waals surface area (Å²) in [5.41, 5.74) is 1.77. The Hall–Kier alpha value is -1.74. The van der Waals surface area contributed by atoms with Crippen molar-refractivity contribution in [2.24, 2.45) is 0 Å². The van der Waals surface area contributed by atoms with Crippen LogP contribution in [-0.2, 0) is 11.2 Å². The number of nitrogens with zero attached hydrogens (tertiary/aromatic N) is 1. The van der Waals surface area contributed by atoms with Crippen molar-refractivity contribution in [1.29, 1.82) is 0 Å². The first-order valence-electron chi connectivity index (χ1n) is 5.75. The SMILES string of the molecule is CNC(C)C(=O)Cc1ccc2ccccc2n1. The molecule has 0 aliphatic heterocycles. The summed E-state index contributed by atoms with van der Waals surface area (Å²) in [7, 11) is 1.79. The van der Waals surface area contributed by atoms with Crippen LogP contribution in [0.5, 0.6) is 0 Å². The predicted octanol–water partition coefficient (Wildman–Crippen LogP) is 1.95. The molecule has 1 unspecified atom stereocenters. The van der Waals surface area contributed by atoms with E-state index in [1.165, 1.54) is 0 Å². The lowest BCUT2D eigenvalue weighted by Gasteiger charge is -2.08. The minimum Gasteiger partial charge on any atom is -0.311 e. The van der Waals surface area contributed by atoms with Gasteiger partial charge in [-0.15, -0.1) is 0 Å². The molecule has 3 nitrogen and oxygen atoms in total. The monoisotopic (exact) mass is 228 g/mol. The van der Waals surface area contributed by atoms with Crippen molar-refractivity contribution in [3.63, 3.8) is 0 Å². The van der Waals surface area contributed by atoms with Crippen LogP contribution < -0.4 is 5.32 Å². The van der Waals surface area contributed by atoms with Crippen LogP contribution in [0.15, 0.2) is 36.4 Å². The molecule has 17 heavy (non-hydrogen) atoms. The van der Waals surface area contributed by atoms with Crippen molar-refractivity contribution >= 4 is 16.7 Å². The third kappa shape index (κ3) is 2.68. The highest BCUT2D eigenvalue weighted by atomic mass is 16.1. The van der Waals surface area contributed by atoms with Gasteiger partial charge in [0, 0.05) is 11.1 Å². The molecule has 1 aromatic heterocycles. The Morgan fingerprint density at radius 3 is 2.82 bits per heavy atom. The van der Waals surface area contributed by atoms with E-state index in [2.05, 4.69) is 10.3 Å². The topological polar surface area (TPSA) is 42.0 Å². The third-order valence-corrected chi connectivity index (χ3v) is 2.93. The molecule has 1 aromatic carbocycles. The maximum atomic E-state index is 11.8. The first kappa shape index (κ1) is 11.7. The van der Waals surface area contributed by atoms with E-state index >= 15 is 0 Å². The summed E-state index contributed by atoms with van der Waals surface area (Å²) < 4.78 is 0. The Labute approximate surface area is 101 Å². The number of carbonyl (C=O) groups is 1. The smallest absolute Gasteiger partial charge is 0.155 e. The summed E-state index contributed by atoms with van der Waals surface area (Å²) in [6.07, 6.45) is 0.382. The number of ketones is 1. The second-order valence-electron chi connectivity index (χ2n) is 4.15. The van der Waals surface area contributed by atoms with Crippen LogP contribution in [0, 0.1) is 0 Å². The molecule has 88 valence electrons. The Balaban J connectivity index is 2.22. The van der Waals surface area contributed by atoms with Gasteiger partial charge in [0.15, 0.2) is 5.78 Å². The normalized spacial score (nSPS) is 12.6. The zero-order valence-corrected chi connectivity index (χ0v) is 10.1. The lowest BCUT2D eigenvalue weighted by Crippen LogP contribution is -2.32. The maximum Gasteiger partial charge on any atom is 0.155 e. The third-order valence-electron chi connectivity index (χ3n) is 2.93. The van der Waals surface area contributed by atoms with Crippen molar-refractivity contribution < 1.29 is 4.79 Å². The van der Waals surface area contributed by atoms with E-state index in [0.717, 1.165) is 16.6 Å².